The molecule has 420 valence electrons. The molecule has 7 rings (SSSR count). The molecule has 3 aromatic rings. The molecular weight excluding hydrogens is 1180 g/mol. The number of hydrogen-bond acceptors (Lipinski definition) is 26. The number of anilines is 1. The number of nitrogens with two attached hydrogens (primary N) is 1. The number of hydrogen-bond donors (Lipinski definition) is 10. The van der Waals surface area contributed by atoms with E-state index in [1.165, 1.54) is 42.2 Å². The van der Waals surface area contributed by atoms with E-state index >= 15 is 0 Å². The minimum absolute atomic E-state index is 0.0177. The number of thiol groups is 2. The predicted molar refractivity (Wildman–Crippen MR) is 279 cm³/mol. The molecule has 0 bridgehead atoms. The zero-order valence-corrected chi connectivity index (χ0v) is 47.7. The summed E-state index contributed by atoms with van der Waals surface area (Å²) in [6.07, 6.45) is -9.29. The molecule has 75 heavy (non-hydrogen) atoms. The van der Waals surface area contributed by atoms with Crippen molar-refractivity contribution >= 4 is 109 Å². The first-order chi connectivity index (χ1) is 35.2. The molecule has 0 aliphatic carbocycles. The second-order valence-corrected chi connectivity index (χ2v) is 30.8. The Morgan fingerprint density at radius 1 is 0.880 bits per heavy atom. The first-order valence-corrected chi connectivity index (χ1v) is 34.1. The zero-order valence-electron chi connectivity index (χ0n) is 39.8. The fourth-order valence-electron chi connectivity index (χ4n) is 8.02. The number of fused-ring (bicyclic) bond motifs is 1. The van der Waals surface area contributed by atoms with E-state index in [0.29, 0.717) is 0 Å². The second-order valence-electron chi connectivity index (χ2n) is 17.1. The van der Waals surface area contributed by atoms with Gasteiger partial charge >= 0.3 is 25.9 Å². The van der Waals surface area contributed by atoms with Crippen LogP contribution in [0.5, 0.6) is 0 Å². The number of aryl methyl sites for hydroxylation is 1. The minimum atomic E-state index is -4.53. The SMILES string of the molecule is COC1C(OP(=S)(S)OCCCO)[C@@H](COP(O)(=S)OC2C[C@H](n3cc(C)c(=O)[nH]c3=O)O[C@@H]2COP(=O)(S)OC2C[C@H](n3cnc4c(=O)[nH]c(N)nc43)O[C@@H]2COP(O)(=S)OC(C)C)O[C@H]1N1C=CC(=O)NC1O. The van der Waals surface area contributed by atoms with E-state index in [2.05, 4.69) is 49.7 Å². The first-order valence-electron chi connectivity index (χ1n) is 22.4. The molecule has 9 unspecified atom stereocenters. The number of nitrogen functional groups attached to an aromatic ring is 1. The summed E-state index contributed by atoms with van der Waals surface area (Å²) >= 11 is 24.8. The maximum absolute atomic E-state index is 14.2. The molecule has 4 aliphatic heterocycles. The van der Waals surface area contributed by atoms with Crippen molar-refractivity contribution in [3.05, 3.63) is 61.6 Å². The Morgan fingerprint density at radius 2 is 1.52 bits per heavy atom. The van der Waals surface area contributed by atoms with E-state index in [9.17, 15) is 43.7 Å². The lowest BCUT2D eigenvalue weighted by Crippen LogP contribution is -2.55. The number of methoxy groups -OCH3 is 1. The lowest BCUT2D eigenvalue weighted by atomic mass is 10.1. The molecule has 0 aromatic carbocycles. The molecular formula is C36H55N9O21P4S5. The van der Waals surface area contributed by atoms with Crippen LogP contribution in [0.4, 0.5) is 5.95 Å². The summed E-state index contributed by atoms with van der Waals surface area (Å²) in [4.78, 5) is 86.4. The topological polar surface area (TPSA) is 386 Å². The summed E-state index contributed by atoms with van der Waals surface area (Å²) in [6, 6.07) is 0. The van der Waals surface area contributed by atoms with Gasteiger partial charge in [-0.1, -0.05) is 24.5 Å². The van der Waals surface area contributed by atoms with Crippen molar-refractivity contribution < 1.29 is 84.5 Å². The highest BCUT2D eigenvalue weighted by molar-refractivity contribution is 8.60. The van der Waals surface area contributed by atoms with Crippen molar-refractivity contribution in [1.82, 2.24) is 39.3 Å². The van der Waals surface area contributed by atoms with E-state index in [4.69, 9.17) is 96.3 Å². The summed E-state index contributed by atoms with van der Waals surface area (Å²) in [5.41, 5.74) is 0.354. The zero-order chi connectivity index (χ0) is 54.8. The van der Waals surface area contributed by atoms with E-state index in [1.807, 2.05) is 0 Å². The molecule has 30 nitrogen and oxygen atoms in total. The monoisotopic (exact) mass is 1230 g/mol. The molecule has 3 aromatic heterocycles. The number of ether oxygens (including phenoxy) is 4. The molecule has 3 saturated heterocycles. The Hall–Kier alpha value is -1.92. The number of aromatic nitrogens is 6. The third kappa shape index (κ3) is 15.7. The molecule has 0 saturated carbocycles. The van der Waals surface area contributed by atoms with Gasteiger partial charge in [0.1, 0.15) is 49.1 Å². The minimum Gasteiger partial charge on any atom is -0.396 e. The Morgan fingerprint density at radius 3 is 2.17 bits per heavy atom. The van der Waals surface area contributed by atoms with Crippen LogP contribution in [0.2, 0.25) is 0 Å². The van der Waals surface area contributed by atoms with Crippen molar-refractivity contribution in [3.8, 4) is 0 Å². The second kappa shape index (κ2) is 25.3. The van der Waals surface area contributed by atoms with E-state index in [1.54, 1.807) is 13.8 Å². The van der Waals surface area contributed by atoms with Gasteiger partial charge in [0, 0.05) is 50.6 Å². The third-order valence-electron chi connectivity index (χ3n) is 11.3. The average Bonchev–Trinajstić information content (AvgIpc) is 4.09. The van der Waals surface area contributed by atoms with Gasteiger partial charge in [-0.25, -0.2) is 14.3 Å². The summed E-state index contributed by atoms with van der Waals surface area (Å²) in [7, 11) is 1.32. The fourth-order valence-corrected chi connectivity index (χ4v) is 14.7. The Bertz CT molecular complexity index is 2960. The van der Waals surface area contributed by atoms with Crippen molar-refractivity contribution in [3.63, 3.8) is 0 Å². The molecule has 1 amide bonds. The molecule has 3 fully saturated rings. The highest BCUT2D eigenvalue weighted by Crippen LogP contribution is 2.59. The van der Waals surface area contributed by atoms with Crippen LogP contribution in [0, 0.1) is 6.92 Å². The van der Waals surface area contributed by atoms with Gasteiger partial charge in [-0.05, 0) is 62.6 Å². The number of carbonyl (C=O) groups excluding carboxylic acids is 1. The lowest BCUT2D eigenvalue weighted by molar-refractivity contribution is -0.156. The first kappa shape index (κ1) is 60.7. The maximum Gasteiger partial charge on any atom is 0.386 e. The Balaban J connectivity index is 1.10. The summed E-state index contributed by atoms with van der Waals surface area (Å²) in [6.45, 7) is -10.0. The Kier molecular flexibility index (Phi) is 20.4. The summed E-state index contributed by atoms with van der Waals surface area (Å²) in [5, 5.41) is 22.4. The van der Waals surface area contributed by atoms with Gasteiger partial charge in [-0.15, -0.1) is 0 Å². The number of amides is 1. The number of aliphatic hydroxyl groups is 2. The van der Waals surface area contributed by atoms with Crippen LogP contribution in [0.15, 0.2) is 39.2 Å². The smallest absolute Gasteiger partial charge is 0.386 e. The summed E-state index contributed by atoms with van der Waals surface area (Å²) in [5.74, 6) is -0.801. The van der Waals surface area contributed by atoms with Gasteiger partial charge in [0.25, 0.3) is 11.1 Å². The average molecular weight is 1230 g/mol. The number of H-pyrrole nitrogens is 2. The van der Waals surface area contributed by atoms with Gasteiger partial charge in [0.05, 0.1) is 45.0 Å². The van der Waals surface area contributed by atoms with Gasteiger partial charge < -0.3 is 82.0 Å². The maximum atomic E-state index is 14.2. The molecule has 4 aliphatic rings. The van der Waals surface area contributed by atoms with Crippen LogP contribution in [0.3, 0.4) is 0 Å². The van der Waals surface area contributed by atoms with Crippen molar-refractivity contribution in [2.24, 2.45) is 0 Å². The quantitative estimate of drug-likeness (QED) is 0.0318. The third-order valence-corrected chi connectivity index (χ3v) is 18.5. The molecule has 9 N–H and O–H groups in total. The normalized spacial score (nSPS) is 30.4. The largest absolute Gasteiger partial charge is 0.396 e. The highest BCUT2D eigenvalue weighted by Gasteiger charge is 2.52. The highest BCUT2D eigenvalue weighted by atomic mass is 32.9. The number of nitrogens with zero attached hydrogens (tertiary/aromatic N) is 5. The number of rotatable bonds is 25. The molecule has 7 heterocycles. The van der Waals surface area contributed by atoms with Crippen LogP contribution in [0.1, 0.15) is 51.1 Å². The molecule has 39 heteroatoms. The number of aromatic amines is 2. The Labute approximate surface area is 451 Å². The molecule has 0 spiro atoms. The predicted octanol–water partition coefficient (Wildman–Crippen LogP) is 0.752. The van der Waals surface area contributed by atoms with Crippen molar-refractivity contribution in [2.75, 3.05) is 45.9 Å². The molecule has 0 radical (unpaired) electrons. The molecule has 15 atom stereocenters. The fraction of sp³-hybridized carbons (Fsp3) is 0.667. The van der Waals surface area contributed by atoms with E-state index in [0.717, 1.165) is 10.6 Å². The number of carbonyl (C=O) groups is 1. The van der Waals surface area contributed by atoms with Gasteiger partial charge in [-0.2, -0.15) is 4.98 Å². The van der Waals surface area contributed by atoms with Gasteiger partial charge in [0.15, 0.2) is 17.4 Å². The van der Waals surface area contributed by atoms with Crippen LogP contribution >= 0.6 is 50.4 Å². The van der Waals surface area contributed by atoms with Crippen LogP contribution < -0.4 is 27.9 Å². The van der Waals surface area contributed by atoms with E-state index in [-0.39, 0.29) is 55.2 Å². The van der Waals surface area contributed by atoms with E-state index < -0.39 is 142 Å². The number of aliphatic hydroxyl groups excluding tert-OH is 2. The van der Waals surface area contributed by atoms with Crippen molar-refractivity contribution in [1.29, 1.82) is 0 Å². The van der Waals surface area contributed by atoms with Crippen LogP contribution in [-0.2, 0) is 99.9 Å². The standard InChI is InChI=1S/C36H55N9O21P4S5/c1-17(2)63-67(52,71)57-13-22-20(11-26(61-22)45-16-38-27-30(45)40-34(37)41-32(27)49)65-68(53,72)58-14-21-19(10-25(60-21)44-12-18(3)31(48)42-36(44)51)64-69(54,73)59-15-23-28(66-70(74,75)56-9-5-8-46)29(55-4)33(62-23)43-7-6-24(47)39-35(43)50/h6-7,12,16-17,19-23,25-26,28-29,33,35,46,50H,5,8-11,13-15H2,1-4H3,(H,39,47)(H,52,71)(H,53,72)(H,54,73)(H,74,75)(H,42,48,51)(H3,37,40,41,49)/t19?,20?,21-,22-,23-,25-,26-,28?,29?,33-,35?,67?,68?,69?/m1/s1. The summed E-state index contributed by atoms with van der Waals surface area (Å²) < 4.78 is 87.4. The van der Waals surface area contributed by atoms with Gasteiger partial charge in [0.2, 0.25) is 23.9 Å². The van der Waals surface area contributed by atoms with Gasteiger partial charge in [-0.3, -0.25) is 42.5 Å². The van der Waals surface area contributed by atoms with Crippen molar-refractivity contribution in [2.45, 2.75) is 114 Å². The number of imidazole rings is 1. The van der Waals surface area contributed by atoms with Crippen LogP contribution in [0.25, 0.3) is 11.2 Å². The van der Waals surface area contributed by atoms with Crippen LogP contribution in [-0.4, -0.2) is 161 Å². The number of nitrogens with one attached hydrogen (secondary N) is 3. The lowest BCUT2D eigenvalue weighted by Gasteiger charge is -2.36.